The molecule has 8 heteroatoms. The number of pyridine rings is 1. The highest BCUT2D eigenvalue weighted by Gasteiger charge is 2.20. The van der Waals surface area contributed by atoms with Gasteiger partial charge in [-0.1, -0.05) is 41.7 Å². The minimum Gasteiger partial charge on any atom is -0.496 e. The monoisotopic (exact) mass is 392 g/mol. The van der Waals surface area contributed by atoms with Gasteiger partial charge in [0.25, 0.3) is 5.91 Å². The van der Waals surface area contributed by atoms with Gasteiger partial charge in [0.15, 0.2) is 5.01 Å². The van der Waals surface area contributed by atoms with Crippen LogP contribution in [-0.4, -0.2) is 35.3 Å². The van der Waals surface area contributed by atoms with Crippen molar-refractivity contribution in [2.45, 2.75) is 0 Å². The van der Waals surface area contributed by atoms with Crippen LogP contribution in [0.2, 0.25) is 0 Å². The first-order valence-electron chi connectivity index (χ1n) is 8.41. The molecule has 7 nitrogen and oxygen atoms in total. The fourth-order valence-electron chi connectivity index (χ4n) is 2.80. The molecule has 0 unspecified atom stereocenters. The van der Waals surface area contributed by atoms with Crippen molar-refractivity contribution in [2.75, 3.05) is 19.5 Å². The summed E-state index contributed by atoms with van der Waals surface area (Å²) in [6.45, 7) is 0. The van der Waals surface area contributed by atoms with Gasteiger partial charge in [0.05, 0.1) is 19.7 Å². The number of rotatable bonds is 5. The van der Waals surface area contributed by atoms with Crippen molar-refractivity contribution >= 4 is 33.3 Å². The summed E-state index contributed by atoms with van der Waals surface area (Å²) in [7, 11) is 3.00. The van der Waals surface area contributed by atoms with Gasteiger partial charge < -0.3 is 9.47 Å². The minimum atomic E-state index is -0.386. The molecule has 2 heterocycles. The van der Waals surface area contributed by atoms with E-state index in [2.05, 4.69) is 20.5 Å². The van der Waals surface area contributed by atoms with Gasteiger partial charge in [-0.15, -0.1) is 10.2 Å². The molecule has 0 aliphatic heterocycles. The van der Waals surface area contributed by atoms with Crippen molar-refractivity contribution < 1.29 is 14.3 Å². The van der Waals surface area contributed by atoms with Crippen LogP contribution in [-0.2, 0) is 0 Å². The zero-order chi connectivity index (χ0) is 19.5. The van der Waals surface area contributed by atoms with Gasteiger partial charge in [-0.25, -0.2) is 4.98 Å². The minimum absolute atomic E-state index is 0.299. The fraction of sp³-hybridized carbons (Fsp3) is 0.100. The predicted molar refractivity (Wildman–Crippen MR) is 108 cm³/mol. The molecular formula is C20H16N4O3S. The van der Waals surface area contributed by atoms with E-state index in [-0.39, 0.29) is 5.91 Å². The zero-order valence-electron chi connectivity index (χ0n) is 15.2. The number of carbonyl (C=O) groups is 1. The quantitative estimate of drug-likeness (QED) is 0.552. The summed E-state index contributed by atoms with van der Waals surface area (Å²) in [6, 6.07) is 16.9. The maximum absolute atomic E-state index is 12.7. The number of methoxy groups -OCH3 is 2. The van der Waals surface area contributed by atoms with Crippen LogP contribution in [0.4, 0.5) is 5.13 Å². The van der Waals surface area contributed by atoms with Gasteiger partial charge in [-0.3, -0.25) is 10.1 Å². The number of aromatic nitrogens is 3. The zero-order valence-corrected chi connectivity index (χ0v) is 16.0. The van der Waals surface area contributed by atoms with Crippen LogP contribution in [0, 0.1) is 0 Å². The third-order valence-corrected chi connectivity index (χ3v) is 4.98. The largest absolute Gasteiger partial charge is 0.496 e. The molecule has 0 atom stereocenters. The number of para-hydroxylation sites is 1. The summed E-state index contributed by atoms with van der Waals surface area (Å²) >= 11 is 1.25. The van der Waals surface area contributed by atoms with Crippen LogP contribution in [0.1, 0.15) is 10.4 Å². The van der Waals surface area contributed by atoms with Crippen LogP contribution in [0.5, 0.6) is 11.5 Å². The Bertz CT molecular complexity index is 1140. The summed E-state index contributed by atoms with van der Waals surface area (Å²) in [4.78, 5) is 17.4. The number of fused-ring (bicyclic) bond motifs is 1. The number of benzene rings is 2. The Morgan fingerprint density at radius 2 is 1.68 bits per heavy atom. The van der Waals surface area contributed by atoms with E-state index in [0.717, 1.165) is 10.9 Å². The first kappa shape index (κ1) is 17.9. The Balaban J connectivity index is 1.61. The molecule has 2 aromatic carbocycles. The van der Waals surface area contributed by atoms with E-state index in [1.807, 2.05) is 36.4 Å². The molecule has 0 bridgehead atoms. The van der Waals surface area contributed by atoms with Gasteiger partial charge in [0.1, 0.15) is 22.8 Å². The number of ether oxygens (including phenoxy) is 2. The van der Waals surface area contributed by atoms with E-state index in [1.165, 1.54) is 25.6 Å². The van der Waals surface area contributed by atoms with Crippen molar-refractivity contribution in [2.24, 2.45) is 0 Å². The molecule has 0 radical (unpaired) electrons. The average molecular weight is 392 g/mol. The third kappa shape index (κ3) is 3.37. The summed E-state index contributed by atoms with van der Waals surface area (Å²) in [6.07, 6.45) is 0. The lowest BCUT2D eigenvalue weighted by molar-refractivity contribution is 0.102. The van der Waals surface area contributed by atoms with Gasteiger partial charge in [-0.2, -0.15) is 0 Å². The van der Waals surface area contributed by atoms with E-state index in [4.69, 9.17) is 9.47 Å². The Hall–Kier alpha value is -3.52. The highest BCUT2D eigenvalue weighted by molar-refractivity contribution is 7.18. The Morgan fingerprint density at radius 1 is 0.929 bits per heavy atom. The predicted octanol–water partition coefficient (Wildman–Crippen LogP) is 4.02. The summed E-state index contributed by atoms with van der Waals surface area (Å²) in [5, 5.41) is 13.0. The molecule has 140 valence electrons. The number of nitrogens with one attached hydrogen (secondary N) is 1. The molecule has 0 aliphatic carbocycles. The van der Waals surface area contributed by atoms with Crippen LogP contribution in [0.15, 0.2) is 54.6 Å². The van der Waals surface area contributed by atoms with Crippen LogP contribution < -0.4 is 14.8 Å². The lowest BCUT2D eigenvalue weighted by atomic mass is 10.1. The Labute approximate surface area is 165 Å². The normalized spacial score (nSPS) is 10.6. The molecule has 4 aromatic rings. The van der Waals surface area contributed by atoms with Crippen molar-refractivity contribution in [3.05, 3.63) is 60.2 Å². The fourth-order valence-corrected chi connectivity index (χ4v) is 3.51. The maximum atomic E-state index is 12.7. The number of amides is 1. The second kappa shape index (κ2) is 7.61. The molecule has 0 aliphatic rings. The lowest BCUT2D eigenvalue weighted by Gasteiger charge is -2.11. The summed E-state index contributed by atoms with van der Waals surface area (Å²) < 4.78 is 10.6. The standard InChI is InChI=1S/C20H16N4O3S/c1-26-15-8-5-9-16(27-2)17(15)18(25)22-20-24-23-19(28-20)14-11-10-12-6-3-4-7-13(12)21-14/h3-11H,1-2H3,(H,22,24,25). The number of carbonyl (C=O) groups excluding carboxylic acids is 1. The number of nitrogens with zero attached hydrogens (tertiary/aromatic N) is 3. The number of hydrogen-bond acceptors (Lipinski definition) is 7. The molecule has 1 amide bonds. The summed E-state index contributed by atoms with van der Waals surface area (Å²) in [5.74, 6) is 0.444. The number of anilines is 1. The highest BCUT2D eigenvalue weighted by atomic mass is 32.1. The van der Waals surface area contributed by atoms with Crippen LogP contribution >= 0.6 is 11.3 Å². The molecule has 0 fully saturated rings. The third-order valence-electron chi connectivity index (χ3n) is 4.12. The van der Waals surface area contributed by atoms with Crippen molar-refractivity contribution in [1.29, 1.82) is 0 Å². The van der Waals surface area contributed by atoms with E-state index in [1.54, 1.807) is 18.2 Å². The van der Waals surface area contributed by atoms with Crippen LogP contribution in [0.3, 0.4) is 0 Å². The van der Waals surface area contributed by atoms with E-state index < -0.39 is 0 Å². The molecule has 1 N–H and O–H groups in total. The molecule has 0 saturated heterocycles. The smallest absolute Gasteiger partial charge is 0.265 e. The van der Waals surface area contributed by atoms with Crippen molar-refractivity contribution in [3.8, 4) is 22.2 Å². The maximum Gasteiger partial charge on any atom is 0.265 e. The van der Waals surface area contributed by atoms with E-state index >= 15 is 0 Å². The highest BCUT2D eigenvalue weighted by Crippen LogP contribution is 2.31. The molecule has 0 saturated carbocycles. The lowest BCUT2D eigenvalue weighted by Crippen LogP contribution is -2.14. The Kier molecular flexibility index (Phi) is 4.86. The first-order chi connectivity index (χ1) is 13.7. The second-order valence-electron chi connectivity index (χ2n) is 5.79. The van der Waals surface area contributed by atoms with Crippen molar-refractivity contribution in [1.82, 2.24) is 15.2 Å². The average Bonchev–Trinajstić information content (AvgIpc) is 3.21. The second-order valence-corrected chi connectivity index (χ2v) is 6.77. The number of hydrogen-bond donors (Lipinski definition) is 1. The van der Waals surface area contributed by atoms with E-state index in [0.29, 0.717) is 32.9 Å². The van der Waals surface area contributed by atoms with Gasteiger partial charge >= 0.3 is 0 Å². The molecule has 4 rings (SSSR count). The Morgan fingerprint density at radius 3 is 2.43 bits per heavy atom. The van der Waals surface area contributed by atoms with Crippen LogP contribution in [0.25, 0.3) is 21.6 Å². The van der Waals surface area contributed by atoms with Gasteiger partial charge in [0.2, 0.25) is 5.13 Å². The topological polar surface area (TPSA) is 86.2 Å². The molecular weight excluding hydrogens is 376 g/mol. The van der Waals surface area contributed by atoms with Crippen molar-refractivity contribution in [3.63, 3.8) is 0 Å². The van der Waals surface area contributed by atoms with Gasteiger partial charge in [-0.05, 0) is 24.3 Å². The molecule has 2 aromatic heterocycles. The summed E-state index contributed by atoms with van der Waals surface area (Å²) in [5.41, 5.74) is 1.87. The molecule has 0 spiro atoms. The first-order valence-corrected chi connectivity index (χ1v) is 9.23. The molecule has 28 heavy (non-hydrogen) atoms. The SMILES string of the molecule is COc1cccc(OC)c1C(=O)Nc1nnc(-c2ccc3ccccc3n2)s1. The van der Waals surface area contributed by atoms with Gasteiger partial charge in [0, 0.05) is 5.39 Å². The van der Waals surface area contributed by atoms with E-state index in [9.17, 15) is 4.79 Å².